The minimum Gasteiger partial charge on any atom is -0.370 e. The summed E-state index contributed by atoms with van der Waals surface area (Å²) in [6, 6.07) is 3.56. The van der Waals surface area contributed by atoms with E-state index in [-0.39, 0.29) is 21.4 Å². The highest BCUT2D eigenvalue weighted by molar-refractivity contribution is 7.90. The zero-order chi connectivity index (χ0) is 42.6. The fourth-order valence-electron chi connectivity index (χ4n) is 4.55. The second-order valence-corrected chi connectivity index (χ2v) is 18.2. The number of nitrogens with one attached hydrogen (secondary N) is 2. The number of halogens is 2. The predicted octanol–water partition coefficient (Wildman–Crippen LogP) is -1.71. The van der Waals surface area contributed by atoms with Crippen LogP contribution in [-0.4, -0.2) is 114 Å². The molecule has 0 saturated heterocycles. The molecule has 2 aromatic carbocycles. The average molecular weight is 924 g/mol. The second kappa shape index (κ2) is 17.5. The van der Waals surface area contributed by atoms with Crippen molar-refractivity contribution in [2.75, 3.05) is 50.3 Å². The summed E-state index contributed by atoms with van der Waals surface area (Å²) in [6.07, 6.45) is -3.27. The van der Waals surface area contributed by atoms with Crippen molar-refractivity contribution in [1.29, 1.82) is 0 Å². The van der Waals surface area contributed by atoms with Gasteiger partial charge < -0.3 is 30.0 Å². The molecule has 30 nitrogen and oxygen atoms in total. The molecule has 0 radical (unpaired) electrons. The molecule has 56 heavy (non-hydrogen) atoms. The summed E-state index contributed by atoms with van der Waals surface area (Å²) in [4.78, 5) is 55.7. The van der Waals surface area contributed by atoms with Crippen LogP contribution in [0.5, 0.6) is 0 Å². The Morgan fingerprint density at radius 3 is 1.25 bits per heavy atom. The van der Waals surface area contributed by atoms with E-state index in [4.69, 9.17) is 33.5 Å². The van der Waals surface area contributed by atoms with Crippen LogP contribution in [0.15, 0.2) is 43.8 Å². The highest BCUT2D eigenvalue weighted by atomic mass is 35.5. The van der Waals surface area contributed by atoms with Crippen molar-refractivity contribution in [1.82, 2.24) is 8.61 Å². The van der Waals surface area contributed by atoms with Crippen molar-refractivity contribution in [2.45, 2.75) is 31.8 Å². The predicted molar refractivity (Wildman–Crippen MR) is 180 cm³/mol. The lowest BCUT2D eigenvalue weighted by atomic mass is 10.3. The molecule has 36 heteroatoms. The molecule has 2 aliphatic heterocycles. The van der Waals surface area contributed by atoms with Crippen LogP contribution in [0.4, 0.5) is 11.4 Å². The Morgan fingerprint density at radius 1 is 0.661 bits per heavy atom. The first-order valence-corrected chi connectivity index (χ1v) is 20.7. The van der Waals surface area contributed by atoms with Crippen molar-refractivity contribution in [3.05, 3.63) is 74.8 Å². The molecule has 0 aromatic heterocycles. The number of sulfonamides is 4. The van der Waals surface area contributed by atoms with Crippen LogP contribution in [0.2, 0.25) is 10.0 Å². The van der Waals surface area contributed by atoms with Crippen LogP contribution < -0.4 is 20.9 Å². The van der Waals surface area contributed by atoms with Gasteiger partial charge >= 0.3 is 0 Å². The van der Waals surface area contributed by atoms with Gasteiger partial charge in [-0.25, -0.2) is 43.9 Å². The Bertz CT molecular complexity index is 2190. The van der Waals surface area contributed by atoms with Crippen molar-refractivity contribution < 1.29 is 73.4 Å². The number of benzene rings is 2. The third-order valence-corrected chi connectivity index (χ3v) is 13.3. The highest BCUT2D eigenvalue weighted by Crippen LogP contribution is 2.37. The molecule has 2 aromatic rings. The molecule has 0 aliphatic carbocycles. The largest absolute Gasteiger partial charge is 0.370 e. The monoisotopic (exact) mass is 922 g/mol. The lowest BCUT2D eigenvalue weighted by Gasteiger charge is -2.31. The van der Waals surface area contributed by atoms with E-state index in [2.05, 4.69) is 30.0 Å². The van der Waals surface area contributed by atoms with Gasteiger partial charge in [0, 0.05) is 13.1 Å². The van der Waals surface area contributed by atoms with Crippen LogP contribution in [0.25, 0.3) is 0 Å². The van der Waals surface area contributed by atoms with E-state index in [0.717, 1.165) is 24.3 Å². The maximum Gasteiger partial charge on any atom is 0.294 e. The van der Waals surface area contributed by atoms with Gasteiger partial charge in [-0.1, -0.05) is 23.2 Å². The third kappa shape index (κ3) is 11.5. The standard InChI is InChI=1S/2C10H12ClN5O10S2/c2*11-7-1-8-10(2-9(7)27(12,21)22)28(23,24)14(5-13-8)3-6(26-16(19)20)4-25-15(17)18/h2*1-2,6,13H,3-5H2,(H2,12,21,22)/t2*6-/m10/s1. The molecule has 0 amide bonds. The molecule has 0 saturated carbocycles. The molecule has 0 fully saturated rings. The van der Waals surface area contributed by atoms with Crippen LogP contribution in [0.1, 0.15) is 0 Å². The maximum absolute atomic E-state index is 12.8. The number of hydrogen-bond acceptors (Lipinski definition) is 22. The van der Waals surface area contributed by atoms with E-state index in [1.807, 2.05) is 0 Å². The normalized spacial score (nSPS) is 17.1. The van der Waals surface area contributed by atoms with Gasteiger partial charge in [-0.3, -0.25) is 0 Å². The number of nitrogens with zero attached hydrogens (tertiary/aromatic N) is 6. The van der Waals surface area contributed by atoms with Crippen molar-refractivity contribution >= 4 is 74.7 Å². The molecule has 0 spiro atoms. The SMILES string of the molecule is NS(=O)(=O)c1cc2c(cc1Cl)NCN(C[C@@H](CO[N+](=O)[O-])O[N+](=O)[O-])S2(=O)=O.NS(=O)(=O)c1cc2c(cc1Cl)NCN(C[C@H](CO[N+](=O)[O-])O[N+](=O)[O-])S2(=O)=O. The zero-order valence-electron chi connectivity index (χ0n) is 27.1. The van der Waals surface area contributed by atoms with E-state index in [0.29, 0.717) is 8.61 Å². The summed E-state index contributed by atoms with van der Waals surface area (Å²) in [6.45, 7) is -4.08. The topological polar surface area (TPSA) is 429 Å². The average Bonchev–Trinajstić information content (AvgIpc) is 3.03. The summed E-state index contributed by atoms with van der Waals surface area (Å²) in [5, 5.41) is 51.3. The van der Waals surface area contributed by atoms with E-state index < -0.39 is 132 Å². The van der Waals surface area contributed by atoms with E-state index >= 15 is 0 Å². The number of nitrogens with two attached hydrogens (primary N) is 2. The van der Waals surface area contributed by atoms with Gasteiger partial charge in [-0.05, 0) is 24.3 Å². The van der Waals surface area contributed by atoms with Crippen LogP contribution in [0.3, 0.4) is 0 Å². The van der Waals surface area contributed by atoms with Gasteiger partial charge in [0.05, 0.1) is 34.8 Å². The molecule has 312 valence electrons. The van der Waals surface area contributed by atoms with Gasteiger partial charge in [-0.2, -0.15) is 8.61 Å². The van der Waals surface area contributed by atoms with Gasteiger partial charge in [0.15, 0.2) is 0 Å². The Balaban J connectivity index is 0.000000300. The molecule has 2 heterocycles. The molecule has 4 rings (SSSR count). The second-order valence-electron chi connectivity index (χ2n) is 10.5. The molecule has 6 N–H and O–H groups in total. The lowest BCUT2D eigenvalue weighted by Crippen LogP contribution is -2.46. The van der Waals surface area contributed by atoms with Gasteiger partial charge in [0.1, 0.15) is 45.0 Å². The first kappa shape index (κ1) is 45.4. The number of anilines is 2. The lowest BCUT2D eigenvalue weighted by molar-refractivity contribution is -0.789. The molecular formula is C20H24Cl2N10O20S4. The minimum absolute atomic E-state index is 0.0260. The fourth-order valence-corrected chi connectivity index (χ4v) is 10.00. The Morgan fingerprint density at radius 2 is 0.982 bits per heavy atom. The van der Waals surface area contributed by atoms with Crippen molar-refractivity contribution in [2.24, 2.45) is 10.3 Å². The van der Waals surface area contributed by atoms with E-state index in [1.54, 1.807) is 0 Å². The van der Waals surface area contributed by atoms with Crippen LogP contribution in [0, 0.1) is 40.5 Å². The molecule has 2 aliphatic rings. The first-order valence-electron chi connectivity index (χ1n) is 14.0. The molecule has 0 unspecified atom stereocenters. The highest BCUT2D eigenvalue weighted by Gasteiger charge is 2.37. The number of rotatable bonds is 16. The summed E-state index contributed by atoms with van der Waals surface area (Å²) in [7, 11) is -17.5. The number of fused-ring (bicyclic) bond motifs is 2. The van der Waals surface area contributed by atoms with Gasteiger partial charge in [0.25, 0.3) is 20.3 Å². The maximum atomic E-state index is 12.8. The smallest absolute Gasteiger partial charge is 0.294 e. The minimum atomic E-state index is -4.39. The Kier molecular flexibility index (Phi) is 14.2. The van der Waals surface area contributed by atoms with Gasteiger partial charge in [-0.15, -0.1) is 40.5 Å². The van der Waals surface area contributed by atoms with E-state index in [9.17, 15) is 74.1 Å². The van der Waals surface area contributed by atoms with Crippen LogP contribution in [-0.2, 0) is 59.4 Å². The quantitative estimate of drug-likeness (QED) is 0.108. The number of primary sulfonamides is 2. The molecule has 0 bridgehead atoms. The fraction of sp³-hybridized carbons (Fsp3) is 0.400. The molecule has 2 atom stereocenters. The van der Waals surface area contributed by atoms with Gasteiger partial charge in [0.2, 0.25) is 40.1 Å². The molecular weight excluding hydrogens is 899 g/mol. The third-order valence-electron chi connectivity index (χ3n) is 6.83. The summed E-state index contributed by atoms with van der Waals surface area (Å²) in [5.74, 6) is 0. The summed E-state index contributed by atoms with van der Waals surface area (Å²) >= 11 is 11.6. The Hall–Kier alpha value is -4.94. The van der Waals surface area contributed by atoms with Crippen LogP contribution >= 0.6 is 23.2 Å². The van der Waals surface area contributed by atoms with E-state index in [1.165, 1.54) is 0 Å². The Labute approximate surface area is 322 Å². The zero-order valence-corrected chi connectivity index (χ0v) is 31.9. The summed E-state index contributed by atoms with van der Waals surface area (Å²) < 4.78 is 98.6. The first-order chi connectivity index (χ1) is 25.6. The van der Waals surface area contributed by atoms with Crippen molar-refractivity contribution in [3.63, 3.8) is 0 Å². The summed E-state index contributed by atoms with van der Waals surface area (Å²) in [5.41, 5.74) is -0.0520. The van der Waals surface area contributed by atoms with Crippen molar-refractivity contribution in [3.8, 4) is 0 Å². The number of hydrogen-bond donors (Lipinski definition) is 4.